The smallest absolute Gasteiger partial charge is 0.311 e. The number of nitro groups is 1. The van der Waals surface area contributed by atoms with E-state index in [1.165, 1.54) is 12.1 Å². The highest BCUT2D eigenvalue weighted by Crippen LogP contribution is 2.27. The lowest BCUT2D eigenvalue weighted by atomic mass is 10.1. The summed E-state index contributed by atoms with van der Waals surface area (Å²) < 4.78 is 0. The lowest BCUT2D eigenvalue weighted by Crippen LogP contribution is -2.10. The maximum atomic E-state index is 10.9. The Hall–Kier alpha value is -2.21. The standard InChI is InChI=1S/C12H11ClN4O2/c1-8(9-4-6-14-7-5-9)15-12-10(17(18)19)2-3-11(13)16-12/h2-8H,1H3,(H,15,16). The highest BCUT2D eigenvalue weighted by atomic mass is 35.5. The first-order chi connectivity index (χ1) is 9.08. The molecule has 0 spiro atoms. The minimum absolute atomic E-state index is 0.106. The molecule has 6 nitrogen and oxygen atoms in total. The topological polar surface area (TPSA) is 81.0 Å². The molecule has 1 atom stereocenters. The highest BCUT2D eigenvalue weighted by molar-refractivity contribution is 6.29. The van der Waals surface area contributed by atoms with Crippen molar-refractivity contribution in [3.8, 4) is 0 Å². The second-order valence-electron chi connectivity index (χ2n) is 3.91. The van der Waals surface area contributed by atoms with Gasteiger partial charge in [-0.3, -0.25) is 15.1 Å². The van der Waals surface area contributed by atoms with Crippen molar-refractivity contribution in [1.82, 2.24) is 9.97 Å². The van der Waals surface area contributed by atoms with Gasteiger partial charge in [0.15, 0.2) is 0 Å². The van der Waals surface area contributed by atoms with E-state index >= 15 is 0 Å². The number of nitrogens with one attached hydrogen (secondary N) is 1. The fraction of sp³-hybridized carbons (Fsp3) is 0.167. The minimum atomic E-state index is -0.495. The molecular weight excluding hydrogens is 268 g/mol. The summed E-state index contributed by atoms with van der Waals surface area (Å²) in [4.78, 5) is 18.3. The van der Waals surface area contributed by atoms with Gasteiger partial charge in [0.25, 0.3) is 0 Å². The Bertz CT molecular complexity index is 592. The van der Waals surface area contributed by atoms with Gasteiger partial charge in [0, 0.05) is 18.5 Å². The lowest BCUT2D eigenvalue weighted by Gasteiger charge is -2.14. The van der Waals surface area contributed by atoms with Gasteiger partial charge in [0.2, 0.25) is 5.82 Å². The molecule has 2 aromatic heterocycles. The number of pyridine rings is 2. The summed E-state index contributed by atoms with van der Waals surface area (Å²) in [5, 5.41) is 14.1. The second-order valence-corrected chi connectivity index (χ2v) is 4.29. The molecule has 7 heteroatoms. The number of aromatic nitrogens is 2. The number of rotatable bonds is 4. The fourth-order valence-corrected chi connectivity index (χ4v) is 1.77. The van der Waals surface area contributed by atoms with E-state index in [1.54, 1.807) is 12.4 Å². The molecule has 19 heavy (non-hydrogen) atoms. The van der Waals surface area contributed by atoms with E-state index in [2.05, 4.69) is 15.3 Å². The molecule has 2 heterocycles. The molecule has 0 aliphatic carbocycles. The normalized spacial score (nSPS) is 11.9. The lowest BCUT2D eigenvalue weighted by molar-refractivity contribution is -0.384. The van der Waals surface area contributed by atoms with Gasteiger partial charge in [0.1, 0.15) is 5.15 Å². The van der Waals surface area contributed by atoms with Crippen molar-refractivity contribution >= 4 is 23.1 Å². The summed E-state index contributed by atoms with van der Waals surface area (Å²) in [7, 11) is 0. The monoisotopic (exact) mass is 278 g/mol. The fourth-order valence-electron chi connectivity index (χ4n) is 1.62. The van der Waals surface area contributed by atoms with Crippen LogP contribution in [0, 0.1) is 10.1 Å². The van der Waals surface area contributed by atoms with E-state index in [-0.39, 0.29) is 22.7 Å². The Labute approximate surface area is 114 Å². The first-order valence-electron chi connectivity index (χ1n) is 5.55. The molecule has 98 valence electrons. The number of halogens is 1. The third-order valence-electron chi connectivity index (χ3n) is 2.60. The maximum Gasteiger partial charge on any atom is 0.311 e. The van der Waals surface area contributed by atoms with E-state index < -0.39 is 4.92 Å². The summed E-state index contributed by atoms with van der Waals surface area (Å²) >= 11 is 5.77. The van der Waals surface area contributed by atoms with Crippen LogP contribution in [0.3, 0.4) is 0 Å². The first kappa shape index (κ1) is 13.2. The predicted octanol–water partition coefficient (Wildman–Crippen LogP) is 3.21. The molecule has 0 amide bonds. The van der Waals surface area contributed by atoms with Gasteiger partial charge in [-0.05, 0) is 30.7 Å². The van der Waals surface area contributed by atoms with Crippen LogP contribution in [0.25, 0.3) is 0 Å². The van der Waals surface area contributed by atoms with Gasteiger partial charge in [-0.2, -0.15) is 0 Å². The quantitative estimate of drug-likeness (QED) is 0.527. The molecule has 0 aliphatic rings. The third-order valence-corrected chi connectivity index (χ3v) is 2.81. The van der Waals surface area contributed by atoms with E-state index in [1.807, 2.05) is 19.1 Å². The van der Waals surface area contributed by atoms with Crippen molar-refractivity contribution in [3.63, 3.8) is 0 Å². The molecule has 1 N–H and O–H groups in total. The van der Waals surface area contributed by atoms with Crippen molar-refractivity contribution in [2.45, 2.75) is 13.0 Å². The van der Waals surface area contributed by atoms with E-state index in [0.717, 1.165) is 5.56 Å². The Morgan fingerprint density at radius 2 is 2.00 bits per heavy atom. The minimum Gasteiger partial charge on any atom is -0.358 e. The van der Waals surface area contributed by atoms with Crippen LogP contribution >= 0.6 is 11.6 Å². The number of hydrogen-bond donors (Lipinski definition) is 1. The molecule has 0 aromatic carbocycles. The molecule has 0 saturated heterocycles. The molecule has 0 aliphatic heterocycles. The van der Waals surface area contributed by atoms with Gasteiger partial charge < -0.3 is 5.32 Å². The van der Waals surface area contributed by atoms with Crippen LogP contribution in [-0.2, 0) is 0 Å². The first-order valence-corrected chi connectivity index (χ1v) is 5.93. The maximum absolute atomic E-state index is 10.9. The van der Waals surface area contributed by atoms with Crippen molar-refractivity contribution in [2.75, 3.05) is 5.32 Å². The average molecular weight is 279 g/mol. The number of anilines is 1. The van der Waals surface area contributed by atoms with Crippen LogP contribution in [0.15, 0.2) is 36.7 Å². The van der Waals surface area contributed by atoms with Crippen LogP contribution < -0.4 is 5.32 Å². The third kappa shape index (κ3) is 3.17. The van der Waals surface area contributed by atoms with Crippen LogP contribution in [0.4, 0.5) is 11.5 Å². The SMILES string of the molecule is CC(Nc1nc(Cl)ccc1[N+](=O)[O-])c1ccncc1. The average Bonchev–Trinajstić information content (AvgIpc) is 2.39. The van der Waals surface area contributed by atoms with Crippen molar-refractivity contribution in [2.24, 2.45) is 0 Å². The van der Waals surface area contributed by atoms with Crippen LogP contribution in [-0.4, -0.2) is 14.9 Å². The zero-order valence-electron chi connectivity index (χ0n) is 10.1. The molecule has 0 radical (unpaired) electrons. The Morgan fingerprint density at radius 1 is 1.32 bits per heavy atom. The van der Waals surface area contributed by atoms with Gasteiger partial charge in [-0.15, -0.1) is 0 Å². The van der Waals surface area contributed by atoms with Crippen molar-refractivity contribution in [1.29, 1.82) is 0 Å². The molecule has 1 unspecified atom stereocenters. The Balaban J connectivity index is 2.28. The van der Waals surface area contributed by atoms with E-state index in [9.17, 15) is 10.1 Å². The molecule has 0 bridgehead atoms. The Kier molecular flexibility index (Phi) is 3.91. The Morgan fingerprint density at radius 3 is 2.63 bits per heavy atom. The van der Waals surface area contributed by atoms with Crippen LogP contribution in [0.2, 0.25) is 5.15 Å². The summed E-state index contributed by atoms with van der Waals surface area (Å²) in [6.07, 6.45) is 3.32. The molecule has 2 aromatic rings. The van der Waals surface area contributed by atoms with Gasteiger partial charge in [-0.1, -0.05) is 11.6 Å². The second kappa shape index (κ2) is 5.62. The van der Waals surface area contributed by atoms with Crippen LogP contribution in [0.5, 0.6) is 0 Å². The molecular formula is C12H11ClN4O2. The van der Waals surface area contributed by atoms with E-state index in [0.29, 0.717) is 0 Å². The number of hydrogen-bond acceptors (Lipinski definition) is 5. The van der Waals surface area contributed by atoms with Gasteiger partial charge in [0.05, 0.1) is 11.0 Å². The van der Waals surface area contributed by atoms with Gasteiger partial charge in [-0.25, -0.2) is 4.98 Å². The summed E-state index contributed by atoms with van der Waals surface area (Å²) in [5.41, 5.74) is 0.844. The largest absolute Gasteiger partial charge is 0.358 e. The summed E-state index contributed by atoms with van der Waals surface area (Å²) in [6.45, 7) is 1.88. The van der Waals surface area contributed by atoms with Crippen molar-refractivity contribution in [3.05, 3.63) is 57.5 Å². The van der Waals surface area contributed by atoms with Crippen LogP contribution in [0.1, 0.15) is 18.5 Å². The number of nitrogens with zero attached hydrogens (tertiary/aromatic N) is 3. The van der Waals surface area contributed by atoms with Crippen molar-refractivity contribution < 1.29 is 4.92 Å². The molecule has 0 fully saturated rings. The zero-order chi connectivity index (χ0) is 13.8. The summed E-state index contributed by atoms with van der Waals surface area (Å²) in [6, 6.07) is 6.23. The summed E-state index contributed by atoms with van der Waals surface area (Å²) in [5.74, 6) is 0.154. The molecule has 0 saturated carbocycles. The predicted molar refractivity (Wildman–Crippen MR) is 72.2 cm³/mol. The molecule has 2 rings (SSSR count). The zero-order valence-corrected chi connectivity index (χ0v) is 10.8. The van der Waals surface area contributed by atoms with Gasteiger partial charge >= 0.3 is 5.69 Å². The highest BCUT2D eigenvalue weighted by Gasteiger charge is 2.18. The van der Waals surface area contributed by atoms with E-state index in [4.69, 9.17) is 11.6 Å².